The summed E-state index contributed by atoms with van der Waals surface area (Å²) in [7, 11) is 0. The third-order valence-electron chi connectivity index (χ3n) is 3.39. The number of aliphatic carboxylic acids is 1. The standard InChI is InChI=1S/C11H14F4O4/c1-2-9(5-3-4-6-9)19-8(18)11(14,15)10(12,13)7(16)17/h2-6H2,1H3,(H,16,17). The van der Waals surface area contributed by atoms with Crippen LogP contribution in [0.15, 0.2) is 0 Å². The first-order chi connectivity index (χ1) is 8.59. The fourth-order valence-corrected chi connectivity index (χ4v) is 2.07. The molecule has 0 unspecified atom stereocenters. The maximum absolute atomic E-state index is 13.2. The molecule has 19 heavy (non-hydrogen) atoms. The lowest BCUT2D eigenvalue weighted by Gasteiger charge is -2.30. The van der Waals surface area contributed by atoms with Gasteiger partial charge in [0.1, 0.15) is 5.60 Å². The van der Waals surface area contributed by atoms with Crippen LogP contribution in [-0.2, 0) is 14.3 Å². The van der Waals surface area contributed by atoms with E-state index in [1.165, 1.54) is 0 Å². The lowest BCUT2D eigenvalue weighted by molar-refractivity contribution is -0.242. The van der Waals surface area contributed by atoms with Crippen LogP contribution in [0.2, 0.25) is 0 Å². The third-order valence-corrected chi connectivity index (χ3v) is 3.39. The normalized spacial score (nSPS) is 19.2. The molecule has 1 N–H and O–H groups in total. The first-order valence-corrected chi connectivity index (χ1v) is 5.81. The number of hydrogen-bond acceptors (Lipinski definition) is 3. The first kappa shape index (κ1) is 15.7. The Labute approximate surface area is 106 Å². The fourth-order valence-electron chi connectivity index (χ4n) is 2.07. The monoisotopic (exact) mass is 286 g/mol. The SMILES string of the molecule is CCC1(OC(=O)C(F)(F)C(F)(F)C(=O)O)CCCC1. The minimum atomic E-state index is -5.49. The van der Waals surface area contributed by atoms with Gasteiger partial charge in [0.05, 0.1) is 0 Å². The maximum atomic E-state index is 13.2. The van der Waals surface area contributed by atoms with Crippen molar-refractivity contribution in [1.82, 2.24) is 0 Å². The molecule has 1 rings (SSSR count). The summed E-state index contributed by atoms with van der Waals surface area (Å²) in [5.41, 5.74) is -1.19. The number of rotatable bonds is 5. The van der Waals surface area contributed by atoms with E-state index in [-0.39, 0.29) is 6.42 Å². The number of esters is 1. The molecule has 0 bridgehead atoms. The van der Waals surface area contributed by atoms with Crippen molar-refractivity contribution in [2.45, 2.75) is 56.5 Å². The van der Waals surface area contributed by atoms with E-state index in [1.807, 2.05) is 0 Å². The Kier molecular flexibility index (Phi) is 4.11. The minimum Gasteiger partial charge on any atom is -0.477 e. The average molecular weight is 286 g/mol. The molecule has 0 spiro atoms. The van der Waals surface area contributed by atoms with E-state index < -0.39 is 29.4 Å². The van der Waals surface area contributed by atoms with Gasteiger partial charge in [-0.05, 0) is 32.1 Å². The predicted octanol–water partition coefficient (Wildman–Crippen LogP) is 2.61. The molecule has 0 radical (unpaired) electrons. The van der Waals surface area contributed by atoms with Crippen LogP contribution in [0, 0.1) is 0 Å². The van der Waals surface area contributed by atoms with Crippen molar-refractivity contribution < 1.29 is 37.0 Å². The lowest BCUT2D eigenvalue weighted by Crippen LogP contribution is -2.54. The van der Waals surface area contributed by atoms with Gasteiger partial charge in [-0.3, -0.25) is 0 Å². The zero-order valence-electron chi connectivity index (χ0n) is 10.2. The number of carbonyl (C=O) groups is 2. The Hall–Kier alpha value is -1.34. The molecule has 4 nitrogen and oxygen atoms in total. The highest BCUT2D eigenvalue weighted by Gasteiger charge is 2.69. The molecule has 0 atom stereocenters. The second-order valence-electron chi connectivity index (χ2n) is 4.59. The smallest absolute Gasteiger partial charge is 0.415 e. The lowest BCUT2D eigenvalue weighted by atomic mass is 9.98. The van der Waals surface area contributed by atoms with Gasteiger partial charge in [0.2, 0.25) is 0 Å². The van der Waals surface area contributed by atoms with E-state index in [0.717, 1.165) is 0 Å². The van der Waals surface area contributed by atoms with Gasteiger partial charge in [-0.15, -0.1) is 0 Å². The largest absolute Gasteiger partial charge is 0.477 e. The maximum Gasteiger partial charge on any atom is 0.415 e. The van der Waals surface area contributed by atoms with Gasteiger partial charge >= 0.3 is 23.8 Å². The van der Waals surface area contributed by atoms with E-state index in [4.69, 9.17) is 5.11 Å². The van der Waals surface area contributed by atoms with Crippen molar-refractivity contribution in [3.05, 3.63) is 0 Å². The molecule has 0 aromatic rings. The molecule has 0 aromatic carbocycles. The predicted molar refractivity (Wildman–Crippen MR) is 55.1 cm³/mol. The Bertz CT molecular complexity index is 375. The number of carbonyl (C=O) groups excluding carboxylic acids is 1. The number of hydrogen-bond donors (Lipinski definition) is 1. The van der Waals surface area contributed by atoms with Crippen molar-refractivity contribution in [2.75, 3.05) is 0 Å². The molecule has 0 aliphatic heterocycles. The molecule has 1 fully saturated rings. The summed E-state index contributed by atoms with van der Waals surface area (Å²) in [6.07, 6.45) is 2.12. The number of ether oxygens (including phenoxy) is 1. The van der Waals surface area contributed by atoms with Gasteiger partial charge in [0.25, 0.3) is 0 Å². The van der Waals surface area contributed by atoms with E-state index in [1.54, 1.807) is 6.92 Å². The summed E-state index contributed by atoms with van der Waals surface area (Å²) in [5, 5.41) is 8.07. The highest BCUT2D eigenvalue weighted by atomic mass is 19.3. The summed E-state index contributed by atoms with van der Waals surface area (Å²) >= 11 is 0. The highest BCUT2D eigenvalue weighted by Crippen LogP contribution is 2.41. The van der Waals surface area contributed by atoms with Crippen molar-refractivity contribution >= 4 is 11.9 Å². The molecule has 1 saturated carbocycles. The molecule has 0 heterocycles. The molecular formula is C11H14F4O4. The Balaban J connectivity index is 2.90. The minimum absolute atomic E-state index is 0.216. The molecule has 0 saturated heterocycles. The summed E-state index contributed by atoms with van der Waals surface area (Å²) in [6.45, 7) is 1.59. The van der Waals surface area contributed by atoms with Crippen LogP contribution in [0.1, 0.15) is 39.0 Å². The summed E-state index contributed by atoms with van der Waals surface area (Å²) < 4.78 is 56.6. The number of alkyl halides is 4. The van der Waals surface area contributed by atoms with E-state index >= 15 is 0 Å². The van der Waals surface area contributed by atoms with Crippen molar-refractivity contribution in [3.8, 4) is 0 Å². The molecule has 110 valence electrons. The van der Waals surface area contributed by atoms with Gasteiger partial charge in [-0.2, -0.15) is 17.6 Å². The van der Waals surface area contributed by atoms with E-state index in [2.05, 4.69) is 4.74 Å². The topological polar surface area (TPSA) is 63.6 Å². The third kappa shape index (κ3) is 2.66. The zero-order chi connectivity index (χ0) is 14.9. The van der Waals surface area contributed by atoms with Crippen molar-refractivity contribution in [3.63, 3.8) is 0 Å². The molecule has 0 aromatic heterocycles. The Morgan fingerprint density at radius 3 is 2.00 bits per heavy atom. The van der Waals surface area contributed by atoms with Gasteiger partial charge in [-0.1, -0.05) is 6.92 Å². The quantitative estimate of drug-likeness (QED) is 0.623. The summed E-state index contributed by atoms with van der Waals surface area (Å²) in [4.78, 5) is 21.3. The zero-order valence-corrected chi connectivity index (χ0v) is 10.2. The molecule has 0 amide bonds. The average Bonchev–Trinajstić information content (AvgIpc) is 2.77. The van der Waals surface area contributed by atoms with E-state index in [0.29, 0.717) is 25.7 Å². The van der Waals surface area contributed by atoms with Crippen LogP contribution in [0.25, 0.3) is 0 Å². The highest BCUT2D eigenvalue weighted by molar-refractivity contribution is 5.89. The van der Waals surface area contributed by atoms with Crippen LogP contribution >= 0.6 is 0 Å². The van der Waals surface area contributed by atoms with Gasteiger partial charge in [-0.25, -0.2) is 9.59 Å². The van der Waals surface area contributed by atoms with Crippen LogP contribution in [0.3, 0.4) is 0 Å². The van der Waals surface area contributed by atoms with Gasteiger partial charge in [0.15, 0.2) is 0 Å². The first-order valence-electron chi connectivity index (χ1n) is 5.81. The van der Waals surface area contributed by atoms with Gasteiger partial charge < -0.3 is 9.84 Å². The van der Waals surface area contributed by atoms with Crippen LogP contribution < -0.4 is 0 Å². The van der Waals surface area contributed by atoms with E-state index in [9.17, 15) is 27.2 Å². The van der Waals surface area contributed by atoms with Gasteiger partial charge in [0, 0.05) is 0 Å². The summed E-state index contributed by atoms with van der Waals surface area (Å²) in [5.74, 6) is -16.4. The molecular weight excluding hydrogens is 272 g/mol. The molecule has 1 aliphatic rings. The van der Waals surface area contributed by atoms with Crippen molar-refractivity contribution in [1.29, 1.82) is 0 Å². The van der Waals surface area contributed by atoms with Crippen LogP contribution in [0.5, 0.6) is 0 Å². The number of halogens is 4. The van der Waals surface area contributed by atoms with Crippen LogP contribution in [-0.4, -0.2) is 34.5 Å². The number of carboxylic acids is 1. The van der Waals surface area contributed by atoms with Crippen molar-refractivity contribution in [2.24, 2.45) is 0 Å². The fraction of sp³-hybridized carbons (Fsp3) is 0.818. The second-order valence-corrected chi connectivity index (χ2v) is 4.59. The Morgan fingerprint density at radius 1 is 1.16 bits per heavy atom. The number of carboxylic acid groups (broad SMARTS) is 1. The second kappa shape index (κ2) is 4.97. The van der Waals surface area contributed by atoms with Crippen LogP contribution in [0.4, 0.5) is 17.6 Å². The molecule has 1 aliphatic carbocycles. The molecule has 8 heteroatoms. The Morgan fingerprint density at radius 2 is 1.63 bits per heavy atom. The summed E-state index contributed by atoms with van der Waals surface area (Å²) in [6, 6.07) is 0.